The SMILES string of the molecule is COc1ccc(-c2ccc3cc(-c4nc5cc(C(=O)N6CC7CCC6[C@@H]7C)cc(OC)c5n4C)n(CC4CC4)c3n2)cc1F. The Balaban J connectivity index is 1.23. The first kappa shape index (κ1) is 27.2. The van der Waals surface area contributed by atoms with Crippen LogP contribution < -0.4 is 9.47 Å². The summed E-state index contributed by atoms with van der Waals surface area (Å²) in [5, 5.41) is 0.992. The number of nitrogens with zero attached hydrogens (tertiary/aromatic N) is 5. The molecule has 1 saturated heterocycles. The smallest absolute Gasteiger partial charge is 0.254 e. The highest BCUT2D eigenvalue weighted by molar-refractivity contribution is 6.00. The highest BCUT2D eigenvalue weighted by Crippen LogP contribution is 2.44. The Kier molecular flexibility index (Phi) is 6.22. The van der Waals surface area contributed by atoms with Crippen molar-refractivity contribution in [1.82, 2.24) is 24.0 Å². The van der Waals surface area contributed by atoms with Gasteiger partial charge in [0.2, 0.25) is 0 Å². The van der Waals surface area contributed by atoms with Gasteiger partial charge in [-0.05, 0) is 92.0 Å². The molecule has 226 valence electrons. The molecule has 1 amide bonds. The minimum absolute atomic E-state index is 0.0611. The second kappa shape index (κ2) is 10.1. The van der Waals surface area contributed by atoms with Crippen LogP contribution in [0.25, 0.3) is 44.8 Å². The lowest BCUT2D eigenvalue weighted by Crippen LogP contribution is -2.38. The first-order valence-electron chi connectivity index (χ1n) is 15.5. The molecule has 0 spiro atoms. The van der Waals surface area contributed by atoms with Crippen molar-refractivity contribution in [3.05, 3.63) is 59.9 Å². The Hall–Kier alpha value is -4.40. The van der Waals surface area contributed by atoms with Crippen molar-refractivity contribution < 1.29 is 18.7 Å². The maximum absolute atomic E-state index is 14.6. The molecule has 3 aromatic heterocycles. The Labute approximate surface area is 255 Å². The van der Waals surface area contributed by atoms with Gasteiger partial charge in [0.25, 0.3) is 5.91 Å². The molecule has 3 aliphatic rings. The molecular formula is C35H36FN5O3. The Morgan fingerprint density at radius 3 is 2.48 bits per heavy atom. The van der Waals surface area contributed by atoms with Crippen LogP contribution in [-0.2, 0) is 13.6 Å². The monoisotopic (exact) mass is 593 g/mol. The summed E-state index contributed by atoms with van der Waals surface area (Å²) in [7, 11) is 5.10. The van der Waals surface area contributed by atoms with E-state index >= 15 is 0 Å². The number of likely N-dealkylation sites (tertiary alicyclic amines) is 1. The van der Waals surface area contributed by atoms with Crippen molar-refractivity contribution in [2.75, 3.05) is 20.8 Å². The van der Waals surface area contributed by atoms with Crippen LogP contribution in [0.1, 0.15) is 43.0 Å². The largest absolute Gasteiger partial charge is 0.494 e. The number of carbonyl (C=O) groups excluding carboxylic acids is 1. The zero-order chi connectivity index (χ0) is 30.3. The van der Waals surface area contributed by atoms with E-state index in [1.165, 1.54) is 32.4 Å². The van der Waals surface area contributed by atoms with Gasteiger partial charge in [-0.2, -0.15) is 0 Å². The number of amides is 1. The molecule has 8 rings (SSSR count). The number of imidazole rings is 1. The number of carbonyl (C=O) groups is 1. The Morgan fingerprint density at radius 1 is 0.977 bits per heavy atom. The van der Waals surface area contributed by atoms with E-state index in [0.29, 0.717) is 46.4 Å². The van der Waals surface area contributed by atoms with E-state index in [9.17, 15) is 9.18 Å². The highest BCUT2D eigenvalue weighted by Gasteiger charge is 2.46. The molecule has 0 N–H and O–H groups in total. The molecule has 2 aromatic carbocycles. The molecule has 2 aliphatic carbocycles. The number of fused-ring (bicyclic) bond motifs is 4. The Morgan fingerprint density at radius 2 is 1.80 bits per heavy atom. The van der Waals surface area contributed by atoms with Crippen LogP contribution in [0.4, 0.5) is 4.39 Å². The summed E-state index contributed by atoms with van der Waals surface area (Å²) in [4.78, 5) is 26.0. The van der Waals surface area contributed by atoms with Gasteiger partial charge in [0, 0.05) is 42.7 Å². The number of halogens is 1. The summed E-state index contributed by atoms with van der Waals surface area (Å²) in [6.07, 6.45) is 4.66. The van der Waals surface area contributed by atoms with Crippen LogP contribution in [0.15, 0.2) is 48.5 Å². The van der Waals surface area contributed by atoms with Crippen LogP contribution in [0, 0.1) is 23.6 Å². The third-order valence-corrected chi connectivity index (χ3v) is 10.2. The molecule has 8 nitrogen and oxygen atoms in total. The average Bonchev–Trinajstić information content (AvgIpc) is 3.44. The fraction of sp³-hybridized carbons (Fsp3) is 0.400. The number of aryl methyl sites for hydroxylation is 1. The molecule has 2 unspecified atom stereocenters. The van der Waals surface area contributed by atoms with Gasteiger partial charge in [0.1, 0.15) is 16.9 Å². The van der Waals surface area contributed by atoms with Gasteiger partial charge in [-0.15, -0.1) is 0 Å². The zero-order valence-corrected chi connectivity index (χ0v) is 25.5. The minimum atomic E-state index is -0.417. The van der Waals surface area contributed by atoms with Crippen molar-refractivity contribution in [3.63, 3.8) is 0 Å². The normalized spacial score (nSPS) is 21.1. The predicted octanol–water partition coefficient (Wildman–Crippen LogP) is 6.69. The molecule has 2 bridgehead atoms. The Bertz CT molecular complexity index is 1960. The summed E-state index contributed by atoms with van der Waals surface area (Å²) < 4.78 is 29.8. The van der Waals surface area contributed by atoms with Crippen LogP contribution in [0.3, 0.4) is 0 Å². The third kappa shape index (κ3) is 4.19. The molecule has 3 fully saturated rings. The van der Waals surface area contributed by atoms with Gasteiger partial charge >= 0.3 is 0 Å². The van der Waals surface area contributed by atoms with Crippen LogP contribution in [-0.4, -0.2) is 56.7 Å². The van der Waals surface area contributed by atoms with Gasteiger partial charge < -0.3 is 23.5 Å². The van der Waals surface area contributed by atoms with Crippen molar-refractivity contribution in [2.45, 2.75) is 45.2 Å². The summed E-state index contributed by atoms with van der Waals surface area (Å²) in [5.41, 5.74) is 5.38. The second-order valence-corrected chi connectivity index (χ2v) is 12.8. The van der Waals surface area contributed by atoms with Crippen molar-refractivity contribution >= 4 is 28.0 Å². The molecule has 2 saturated carbocycles. The number of pyridine rings is 1. The summed E-state index contributed by atoms with van der Waals surface area (Å²) >= 11 is 0. The lowest BCUT2D eigenvalue weighted by molar-refractivity contribution is 0.0696. The molecule has 9 heteroatoms. The first-order valence-corrected chi connectivity index (χ1v) is 15.5. The number of methoxy groups -OCH3 is 2. The number of piperidine rings is 1. The van der Waals surface area contributed by atoms with Gasteiger partial charge in [0.15, 0.2) is 17.4 Å². The average molecular weight is 594 g/mol. The van der Waals surface area contributed by atoms with E-state index in [0.717, 1.165) is 53.1 Å². The number of benzene rings is 2. The van der Waals surface area contributed by atoms with Crippen molar-refractivity contribution in [2.24, 2.45) is 24.8 Å². The van der Waals surface area contributed by atoms with E-state index < -0.39 is 5.82 Å². The third-order valence-electron chi connectivity index (χ3n) is 10.2. The fourth-order valence-electron chi connectivity index (χ4n) is 7.57. The fourth-order valence-corrected chi connectivity index (χ4v) is 7.57. The number of aromatic nitrogens is 4. The lowest BCUT2D eigenvalue weighted by Gasteiger charge is -2.27. The number of ether oxygens (including phenoxy) is 2. The van der Waals surface area contributed by atoms with Gasteiger partial charge in [0.05, 0.1) is 31.1 Å². The maximum Gasteiger partial charge on any atom is 0.254 e. The second-order valence-electron chi connectivity index (χ2n) is 12.8. The number of rotatable bonds is 7. The molecular weight excluding hydrogens is 557 g/mol. The lowest BCUT2D eigenvalue weighted by atomic mass is 10.0. The van der Waals surface area contributed by atoms with Gasteiger partial charge in [-0.3, -0.25) is 4.79 Å². The first-order chi connectivity index (χ1) is 21.3. The van der Waals surface area contributed by atoms with E-state index in [4.69, 9.17) is 19.4 Å². The molecule has 1 aliphatic heterocycles. The minimum Gasteiger partial charge on any atom is -0.494 e. The van der Waals surface area contributed by atoms with Gasteiger partial charge in [-0.1, -0.05) is 6.92 Å². The molecule has 3 atom stereocenters. The number of hydrogen-bond donors (Lipinski definition) is 0. The van der Waals surface area contributed by atoms with E-state index in [1.807, 2.05) is 37.4 Å². The van der Waals surface area contributed by atoms with Gasteiger partial charge in [-0.25, -0.2) is 14.4 Å². The predicted molar refractivity (Wildman–Crippen MR) is 167 cm³/mol. The number of hydrogen-bond acceptors (Lipinski definition) is 5. The van der Waals surface area contributed by atoms with E-state index in [2.05, 4.69) is 27.0 Å². The zero-order valence-electron chi connectivity index (χ0n) is 25.5. The van der Waals surface area contributed by atoms with Crippen LogP contribution in [0.2, 0.25) is 0 Å². The molecule has 4 heterocycles. The summed E-state index contributed by atoms with van der Waals surface area (Å²) in [6, 6.07) is 15.1. The summed E-state index contributed by atoms with van der Waals surface area (Å²) in [5.74, 6) is 3.01. The van der Waals surface area contributed by atoms with E-state index in [1.54, 1.807) is 13.2 Å². The van der Waals surface area contributed by atoms with E-state index in [-0.39, 0.29) is 11.7 Å². The van der Waals surface area contributed by atoms with Crippen LogP contribution in [0.5, 0.6) is 11.5 Å². The maximum atomic E-state index is 14.6. The molecule has 44 heavy (non-hydrogen) atoms. The topological polar surface area (TPSA) is 74.4 Å². The molecule has 0 radical (unpaired) electrons. The summed E-state index contributed by atoms with van der Waals surface area (Å²) in [6.45, 7) is 3.93. The van der Waals surface area contributed by atoms with Crippen LogP contribution >= 0.6 is 0 Å². The standard InChI is InChI=1S/C35H36FN5O3/c1-19-23-8-11-28(19)41(18-23)35(42)24-14-27-32(31(16-24)44-4)39(2)34(38-27)29-15-22-7-10-26(21-9-12-30(43-3)25(36)13-21)37-33(22)40(29)17-20-5-6-20/h7,9-10,12-16,19-20,23,28H,5-6,8,11,17-18H2,1-4H3/t19-,23?,28?/m1/s1. The van der Waals surface area contributed by atoms with Crippen molar-refractivity contribution in [3.8, 4) is 34.3 Å². The van der Waals surface area contributed by atoms with Crippen molar-refractivity contribution in [1.29, 1.82) is 0 Å². The molecule has 5 aromatic rings. The quantitative estimate of drug-likeness (QED) is 0.210. The highest BCUT2D eigenvalue weighted by atomic mass is 19.1.